The number of hydrogen-bond acceptors (Lipinski definition) is 2. The molecule has 0 aromatic rings. The average molecular weight is 317 g/mol. The number of alkyl halides is 2. The summed E-state index contributed by atoms with van der Waals surface area (Å²) < 4.78 is 23.5. The van der Waals surface area contributed by atoms with Crippen LogP contribution in [0.1, 0.15) is 47.5 Å². The van der Waals surface area contributed by atoms with Crippen molar-refractivity contribution in [3.05, 3.63) is 0 Å². The van der Waals surface area contributed by atoms with Crippen molar-refractivity contribution in [2.24, 2.45) is 11.3 Å². The predicted octanol–water partition coefficient (Wildman–Crippen LogP) is 4.10. The molecule has 0 saturated carbocycles. The lowest BCUT2D eigenvalue weighted by molar-refractivity contribution is 0.287. The van der Waals surface area contributed by atoms with E-state index in [0.717, 1.165) is 6.42 Å². The Balaban J connectivity index is 4.84. The van der Waals surface area contributed by atoms with Gasteiger partial charge in [0, 0.05) is 11.8 Å². The standard InChI is InChI=1S/C13H26Cl2O2S/c1-11(2)8-13(9-14,10-15)6-7-18(16,17)12(3,4)5/h11H,6-10H2,1-5H3. The van der Waals surface area contributed by atoms with Gasteiger partial charge in [0.25, 0.3) is 0 Å². The molecule has 2 nitrogen and oxygen atoms in total. The average Bonchev–Trinajstić information content (AvgIpc) is 2.22. The number of hydrogen-bond donors (Lipinski definition) is 0. The highest BCUT2D eigenvalue weighted by Crippen LogP contribution is 2.35. The van der Waals surface area contributed by atoms with Crippen LogP contribution in [0.4, 0.5) is 0 Å². The van der Waals surface area contributed by atoms with E-state index in [1.165, 1.54) is 0 Å². The fraction of sp³-hybridized carbons (Fsp3) is 1.00. The van der Waals surface area contributed by atoms with Crippen LogP contribution in [0.5, 0.6) is 0 Å². The second-order valence-corrected chi connectivity index (χ2v) is 9.94. The molecule has 0 N–H and O–H groups in total. The van der Waals surface area contributed by atoms with Crippen LogP contribution in [0.15, 0.2) is 0 Å². The summed E-state index contributed by atoms with van der Waals surface area (Å²) in [4.78, 5) is 0. The van der Waals surface area contributed by atoms with E-state index in [1.54, 1.807) is 20.8 Å². The molecule has 0 saturated heterocycles. The summed E-state index contributed by atoms with van der Waals surface area (Å²) in [5.41, 5.74) is -0.268. The zero-order valence-electron chi connectivity index (χ0n) is 12.1. The van der Waals surface area contributed by atoms with E-state index in [9.17, 15) is 8.42 Å². The Bertz CT molecular complexity index is 338. The molecule has 0 radical (unpaired) electrons. The highest BCUT2D eigenvalue weighted by molar-refractivity contribution is 7.92. The predicted molar refractivity (Wildman–Crippen MR) is 81.5 cm³/mol. The van der Waals surface area contributed by atoms with Gasteiger partial charge in [-0.25, -0.2) is 8.42 Å². The minimum atomic E-state index is -3.10. The maximum atomic E-state index is 12.1. The van der Waals surface area contributed by atoms with E-state index in [-0.39, 0.29) is 11.2 Å². The summed E-state index contributed by atoms with van der Waals surface area (Å²) in [5, 5.41) is 0. The summed E-state index contributed by atoms with van der Waals surface area (Å²) >= 11 is 12.1. The molecule has 5 heteroatoms. The van der Waals surface area contributed by atoms with Crippen LogP contribution < -0.4 is 0 Å². The van der Waals surface area contributed by atoms with Gasteiger partial charge in [-0.05, 0) is 44.9 Å². The van der Waals surface area contributed by atoms with Crippen molar-refractivity contribution in [2.45, 2.75) is 52.2 Å². The van der Waals surface area contributed by atoms with E-state index in [2.05, 4.69) is 13.8 Å². The minimum Gasteiger partial charge on any atom is -0.228 e. The van der Waals surface area contributed by atoms with Gasteiger partial charge in [0.15, 0.2) is 9.84 Å². The second kappa shape index (κ2) is 6.81. The number of rotatable bonds is 7. The first-order valence-corrected chi connectivity index (χ1v) is 9.06. The summed E-state index contributed by atoms with van der Waals surface area (Å²) in [7, 11) is -3.10. The van der Waals surface area contributed by atoms with Gasteiger partial charge in [-0.2, -0.15) is 0 Å². The fourth-order valence-electron chi connectivity index (χ4n) is 1.90. The van der Waals surface area contributed by atoms with Crippen LogP contribution in [-0.4, -0.2) is 30.7 Å². The molecule has 0 fully saturated rings. The Morgan fingerprint density at radius 1 is 1.06 bits per heavy atom. The van der Waals surface area contributed by atoms with Crippen LogP contribution in [-0.2, 0) is 9.84 Å². The van der Waals surface area contributed by atoms with E-state index >= 15 is 0 Å². The molecule has 0 aromatic heterocycles. The molecule has 0 rings (SSSR count). The quantitative estimate of drug-likeness (QED) is 0.663. The van der Waals surface area contributed by atoms with Crippen molar-refractivity contribution in [1.82, 2.24) is 0 Å². The maximum absolute atomic E-state index is 12.1. The van der Waals surface area contributed by atoms with Crippen molar-refractivity contribution in [3.63, 3.8) is 0 Å². The third kappa shape index (κ3) is 5.26. The largest absolute Gasteiger partial charge is 0.228 e. The fourth-order valence-corrected chi connectivity index (χ4v) is 3.99. The van der Waals surface area contributed by atoms with Gasteiger partial charge in [0.2, 0.25) is 0 Å². The molecule has 110 valence electrons. The van der Waals surface area contributed by atoms with Gasteiger partial charge < -0.3 is 0 Å². The highest BCUT2D eigenvalue weighted by atomic mass is 35.5. The maximum Gasteiger partial charge on any atom is 0.155 e. The van der Waals surface area contributed by atoms with Crippen LogP contribution >= 0.6 is 23.2 Å². The molecule has 0 aliphatic heterocycles. The third-order valence-corrected chi connectivity index (χ3v) is 6.98. The van der Waals surface area contributed by atoms with Gasteiger partial charge in [0.05, 0.1) is 10.5 Å². The Hall–Kier alpha value is 0.530. The first kappa shape index (κ1) is 18.5. The first-order chi connectivity index (χ1) is 7.99. The molecule has 0 atom stereocenters. The zero-order valence-corrected chi connectivity index (χ0v) is 14.4. The molecule has 18 heavy (non-hydrogen) atoms. The van der Waals surface area contributed by atoms with Crippen LogP contribution in [0.3, 0.4) is 0 Å². The molecule has 0 aliphatic rings. The minimum absolute atomic E-state index is 0.155. The van der Waals surface area contributed by atoms with E-state index in [1.807, 2.05) is 0 Å². The van der Waals surface area contributed by atoms with Gasteiger partial charge in [-0.3, -0.25) is 0 Å². The summed E-state index contributed by atoms with van der Waals surface area (Å²) in [6.45, 7) is 9.40. The Morgan fingerprint density at radius 3 is 1.78 bits per heavy atom. The lowest BCUT2D eigenvalue weighted by Crippen LogP contribution is -2.35. The summed E-state index contributed by atoms with van der Waals surface area (Å²) in [6, 6.07) is 0. The first-order valence-electron chi connectivity index (χ1n) is 6.34. The second-order valence-electron chi connectivity index (χ2n) is 6.55. The lowest BCUT2D eigenvalue weighted by atomic mass is 9.81. The van der Waals surface area contributed by atoms with Gasteiger partial charge in [0.1, 0.15) is 0 Å². The topological polar surface area (TPSA) is 34.1 Å². The van der Waals surface area contributed by atoms with E-state index in [4.69, 9.17) is 23.2 Å². The van der Waals surface area contributed by atoms with Crippen molar-refractivity contribution in [1.29, 1.82) is 0 Å². The molecule has 0 aliphatic carbocycles. The third-order valence-electron chi connectivity index (χ3n) is 3.24. The van der Waals surface area contributed by atoms with E-state index < -0.39 is 14.6 Å². The van der Waals surface area contributed by atoms with E-state index in [0.29, 0.717) is 24.1 Å². The van der Waals surface area contributed by atoms with Gasteiger partial charge in [-0.1, -0.05) is 13.8 Å². The van der Waals surface area contributed by atoms with Crippen molar-refractivity contribution >= 4 is 33.0 Å². The summed E-state index contributed by atoms with van der Waals surface area (Å²) in [5.74, 6) is 1.44. The molecule has 0 spiro atoms. The van der Waals surface area contributed by atoms with Crippen molar-refractivity contribution < 1.29 is 8.42 Å². The van der Waals surface area contributed by atoms with Crippen LogP contribution in [0.2, 0.25) is 0 Å². The molecule has 0 aromatic carbocycles. The zero-order chi connectivity index (χ0) is 14.6. The number of halogens is 2. The molecule has 0 amide bonds. The monoisotopic (exact) mass is 316 g/mol. The lowest BCUT2D eigenvalue weighted by Gasteiger charge is -2.32. The smallest absolute Gasteiger partial charge is 0.155 e. The Morgan fingerprint density at radius 2 is 1.50 bits per heavy atom. The van der Waals surface area contributed by atoms with Crippen LogP contribution in [0.25, 0.3) is 0 Å². The van der Waals surface area contributed by atoms with Gasteiger partial charge in [-0.15, -0.1) is 23.2 Å². The SMILES string of the molecule is CC(C)CC(CCl)(CCl)CCS(=O)(=O)C(C)(C)C. The molecular formula is C13H26Cl2O2S. The highest BCUT2D eigenvalue weighted by Gasteiger charge is 2.35. The van der Waals surface area contributed by atoms with Crippen LogP contribution in [0, 0.1) is 11.3 Å². The normalized spacial score (nSPS) is 14.2. The Labute approximate surface area is 122 Å². The summed E-state index contributed by atoms with van der Waals surface area (Å²) in [6.07, 6.45) is 1.40. The molecule has 0 bridgehead atoms. The van der Waals surface area contributed by atoms with Crippen molar-refractivity contribution in [3.8, 4) is 0 Å². The number of sulfone groups is 1. The van der Waals surface area contributed by atoms with Gasteiger partial charge >= 0.3 is 0 Å². The van der Waals surface area contributed by atoms with Crippen molar-refractivity contribution in [2.75, 3.05) is 17.5 Å². The Kier molecular flexibility index (Phi) is 7.01. The molecule has 0 heterocycles. The molecular weight excluding hydrogens is 291 g/mol. The molecule has 0 unspecified atom stereocenters.